The largest absolute Gasteiger partial charge is 0.391 e. The van der Waals surface area contributed by atoms with Crippen LogP contribution < -0.4 is 5.73 Å². The van der Waals surface area contributed by atoms with E-state index in [4.69, 9.17) is 5.73 Å². The standard InChI is InChI=1S/C10H20N2O2/c1-7(2)9(11)10(14)12-5-3-4-8(13)6-12/h7-9,13H,3-6,11H2,1-2H3. The summed E-state index contributed by atoms with van der Waals surface area (Å²) in [6, 6.07) is -0.430. The second-order valence-corrected chi connectivity index (χ2v) is 4.35. The number of hydrogen-bond acceptors (Lipinski definition) is 3. The normalized spacial score (nSPS) is 25.2. The van der Waals surface area contributed by atoms with Crippen LogP contribution in [0.4, 0.5) is 0 Å². The zero-order valence-corrected chi connectivity index (χ0v) is 8.94. The average Bonchev–Trinajstić information content (AvgIpc) is 2.15. The van der Waals surface area contributed by atoms with Gasteiger partial charge in [-0.1, -0.05) is 13.8 Å². The number of β-amino-alcohol motifs (C(OH)–C–C–N with tert-alkyl or cyclic N) is 1. The predicted octanol–water partition coefficient (Wildman–Crippen LogP) is -0.0470. The molecule has 0 aromatic rings. The number of carbonyl (C=O) groups is 1. The Labute approximate surface area is 85.1 Å². The van der Waals surface area contributed by atoms with Crippen molar-refractivity contribution in [2.24, 2.45) is 11.7 Å². The highest BCUT2D eigenvalue weighted by Gasteiger charge is 2.27. The van der Waals surface area contributed by atoms with Gasteiger partial charge in [0.2, 0.25) is 5.91 Å². The molecule has 1 heterocycles. The van der Waals surface area contributed by atoms with Crippen LogP contribution in [0, 0.1) is 5.92 Å². The Morgan fingerprint density at radius 2 is 2.21 bits per heavy atom. The Morgan fingerprint density at radius 3 is 2.71 bits per heavy atom. The first kappa shape index (κ1) is 11.5. The maximum Gasteiger partial charge on any atom is 0.239 e. The van der Waals surface area contributed by atoms with E-state index in [1.165, 1.54) is 0 Å². The summed E-state index contributed by atoms with van der Waals surface area (Å²) in [7, 11) is 0. The third kappa shape index (κ3) is 2.69. The molecule has 2 unspecified atom stereocenters. The van der Waals surface area contributed by atoms with E-state index in [2.05, 4.69) is 0 Å². The summed E-state index contributed by atoms with van der Waals surface area (Å²) >= 11 is 0. The van der Waals surface area contributed by atoms with Crippen LogP contribution in [0.2, 0.25) is 0 Å². The SMILES string of the molecule is CC(C)C(N)C(=O)N1CCCC(O)C1. The van der Waals surface area contributed by atoms with E-state index in [0.717, 1.165) is 19.4 Å². The van der Waals surface area contributed by atoms with Crippen molar-refractivity contribution in [3.63, 3.8) is 0 Å². The number of rotatable bonds is 2. The summed E-state index contributed by atoms with van der Waals surface area (Å²) in [5.74, 6) is 0.125. The van der Waals surface area contributed by atoms with E-state index in [1.807, 2.05) is 13.8 Å². The molecular formula is C10H20N2O2. The van der Waals surface area contributed by atoms with Crippen molar-refractivity contribution in [2.45, 2.75) is 38.8 Å². The lowest BCUT2D eigenvalue weighted by atomic mass is 10.0. The van der Waals surface area contributed by atoms with E-state index in [-0.39, 0.29) is 17.9 Å². The van der Waals surface area contributed by atoms with Crippen molar-refractivity contribution in [2.75, 3.05) is 13.1 Å². The Balaban J connectivity index is 2.51. The Bertz CT molecular complexity index is 206. The molecule has 1 aliphatic rings. The zero-order chi connectivity index (χ0) is 10.7. The molecule has 1 aliphatic heterocycles. The summed E-state index contributed by atoms with van der Waals surface area (Å²) in [5.41, 5.74) is 5.76. The van der Waals surface area contributed by atoms with Gasteiger partial charge in [-0.15, -0.1) is 0 Å². The smallest absolute Gasteiger partial charge is 0.239 e. The van der Waals surface area contributed by atoms with E-state index >= 15 is 0 Å². The number of piperidine rings is 1. The fraction of sp³-hybridized carbons (Fsp3) is 0.900. The number of likely N-dealkylation sites (tertiary alicyclic amines) is 1. The molecule has 3 N–H and O–H groups in total. The summed E-state index contributed by atoms with van der Waals surface area (Å²) in [6.07, 6.45) is 1.30. The molecule has 4 nitrogen and oxygen atoms in total. The topological polar surface area (TPSA) is 66.6 Å². The fourth-order valence-electron chi connectivity index (χ4n) is 1.65. The third-order valence-corrected chi connectivity index (χ3v) is 2.71. The first-order chi connectivity index (χ1) is 6.52. The summed E-state index contributed by atoms with van der Waals surface area (Å²) in [4.78, 5) is 13.5. The van der Waals surface area contributed by atoms with E-state index in [9.17, 15) is 9.90 Å². The van der Waals surface area contributed by atoms with Crippen LogP contribution in [0.5, 0.6) is 0 Å². The lowest BCUT2D eigenvalue weighted by Gasteiger charge is -2.32. The molecule has 0 aliphatic carbocycles. The minimum absolute atomic E-state index is 0.0289. The fourth-order valence-corrected chi connectivity index (χ4v) is 1.65. The molecule has 0 saturated carbocycles. The van der Waals surface area contributed by atoms with Crippen molar-refractivity contribution in [3.8, 4) is 0 Å². The Kier molecular flexibility index (Phi) is 3.89. The minimum atomic E-state index is -0.430. The Morgan fingerprint density at radius 1 is 1.57 bits per heavy atom. The number of amides is 1. The molecule has 1 rings (SSSR count). The Hall–Kier alpha value is -0.610. The third-order valence-electron chi connectivity index (χ3n) is 2.71. The molecule has 2 atom stereocenters. The first-order valence-electron chi connectivity index (χ1n) is 5.24. The zero-order valence-electron chi connectivity index (χ0n) is 8.94. The van der Waals surface area contributed by atoms with Crippen LogP contribution in [-0.2, 0) is 4.79 Å². The van der Waals surface area contributed by atoms with Crippen LogP contribution in [0.25, 0.3) is 0 Å². The van der Waals surface area contributed by atoms with Crippen molar-refractivity contribution in [1.82, 2.24) is 4.90 Å². The van der Waals surface area contributed by atoms with Gasteiger partial charge in [0.15, 0.2) is 0 Å². The first-order valence-corrected chi connectivity index (χ1v) is 5.24. The van der Waals surface area contributed by atoms with Gasteiger partial charge in [-0.2, -0.15) is 0 Å². The molecule has 1 saturated heterocycles. The molecule has 0 aromatic carbocycles. The van der Waals surface area contributed by atoms with Crippen LogP contribution in [0.15, 0.2) is 0 Å². The lowest BCUT2D eigenvalue weighted by Crippen LogP contribution is -2.51. The molecule has 14 heavy (non-hydrogen) atoms. The van der Waals surface area contributed by atoms with Crippen molar-refractivity contribution >= 4 is 5.91 Å². The molecule has 1 fully saturated rings. The number of carbonyl (C=O) groups excluding carboxylic acids is 1. The van der Waals surface area contributed by atoms with Crippen molar-refractivity contribution in [3.05, 3.63) is 0 Å². The van der Waals surface area contributed by atoms with Crippen molar-refractivity contribution in [1.29, 1.82) is 0 Å². The number of nitrogens with two attached hydrogens (primary N) is 1. The van der Waals surface area contributed by atoms with Gasteiger partial charge in [0.1, 0.15) is 0 Å². The molecule has 82 valence electrons. The summed E-state index contributed by atoms with van der Waals surface area (Å²) in [5, 5.41) is 9.41. The average molecular weight is 200 g/mol. The van der Waals surface area contributed by atoms with Crippen molar-refractivity contribution < 1.29 is 9.90 Å². The van der Waals surface area contributed by atoms with Crippen LogP contribution in [0.1, 0.15) is 26.7 Å². The summed E-state index contributed by atoms with van der Waals surface area (Å²) < 4.78 is 0. The van der Waals surface area contributed by atoms with Gasteiger partial charge in [0.25, 0.3) is 0 Å². The molecule has 0 radical (unpaired) electrons. The molecular weight excluding hydrogens is 180 g/mol. The van der Waals surface area contributed by atoms with Gasteiger partial charge in [-0.05, 0) is 18.8 Å². The quantitative estimate of drug-likeness (QED) is 0.657. The lowest BCUT2D eigenvalue weighted by molar-refractivity contribution is -0.136. The van der Waals surface area contributed by atoms with Gasteiger partial charge in [0, 0.05) is 13.1 Å². The van der Waals surface area contributed by atoms with Gasteiger partial charge < -0.3 is 15.7 Å². The maximum atomic E-state index is 11.8. The van der Waals surface area contributed by atoms with Gasteiger partial charge in [-0.3, -0.25) is 4.79 Å². The number of aliphatic hydroxyl groups is 1. The van der Waals surface area contributed by atoms with E-state index < -0.39 is 6.04 Å². The summed E-state index contributed by atoms with van der Waals surface area (Å²) in [6.45, 7) is 5.04. The van der Waals surface area contributed by atoms with Crippen LogP contribution in [0.3, 0.4) is 0 Å². The molecule has 4 heteroatoms. The van der Waals surface area contributed by atoms with Gasteiger partial charge >= 0.3 is 0 Å². The second-order valence-electron chi connectivity index (χ2n) is 4.35. The molecule has 0 spiro atoms. The number of nitrogens with zero attached hydrogens (tertiary/aromatic N) is 1. The van der Waals surface area contributed by atoms with E-state index in [1.54, 1.807) is 4.90 Å². The highest BCUT2D eigenvalue weighted by molar-refractivity contribution is 5.82. The monoisotopic (exact) mass is 200 g/mol. The highest BCUT2D eigenvalue weighted by Crippen LogP contribution is 2.12. The van der Waals surface area contributed by atoms with E-state index in [0.29, 0.717) is 6.54 Å². The predicted molar refractivity (Wildman–Crippen MR) is 54.6 cm³/mol. The van der Waals surface area contributed by atoms with Crippen LogP contribution >= 0.6 is 0 Å². The molecule has 1 amide bonds. The van der Waals surface area contributed by atoms with Gasteiger partial charge in [-0.25, -0.2) is 0 Å². The second kappa shape index (κ2) is 4.75. The molecule has 0 aromatic heterocycles. The van der Waals surface area contributed by atoms with Gasteiger partial charge in [0.05, 0.1) is 12.1 Å². The maximum absolute atomic E-state index is 11.8. The molecule has 0 bridgehead atoms. The minimum Gasteiger partial charge on any atom is -0.391 e. The number of hydrogen-bond donors (Lipinski definition) is 2. The number of aliphatic hydroxyl groups excluding tert-OH is 1. The highest BCUT2D eigenvalue weighted by atomic mass is 16.3. The van der Waals surface area contributed by atoms with Crippen LogP contribution in [-0.4, -0.2) is 41.1 Å².